The van der Waals surface area contributed by atoms with Crippen LogP contribution >= 0.6 is 11.6 Å². The number of fused-ring (bicyclic) bond motifs is 1. The highest BCUT2D eigenvalue weighted by Crippen LogP contribution is 2.41. The first kappa shape index (κ1) is 35.1. The zero-order valence-electron chi connectivity index (χ0n) is 27.9. The number of hydrogen-bond donors (Lipinski definition) is 0. The Morgan fingerprint density at radius 2 is 0.889 bits per heavy atom. The molecular weight excluding hydrogens is 712 g/mol. The van der Waals surface area contributed by atoms with Gasteiger partial charge < -0.3 is 23.4 Å². The molecule has 7 rings (SSSR count). The Morgan fingerprint density at radius 3 is 1.41 bits per heavy atom. The van der Waals surface area contributed by atoms with Crippen LogP contribution in [0, 0.1) is 0 Å². The van der Waals surface area contributed by atoms with Gasteiger partial charge in [-0.25, -0.2) is 19.2 Å². The van der Waals surface area contributed by atoms with Crippen molar-refractivity contribution in [2.75, 3.05) is 0 Å². The average molecular weight is 737 g/mol. The van der Waals surface area contributed by atoms with Crippen LogP contribution in [-0.2, 0) is 0 Å². The van der Waals surface area contributed by atoms with E-state index in [0.29, 0.717) is 10.6 Å². The van der Waals surface area contributed by atoms with Crippen LogP contribution in [0.25, 0.3) is 22.3 Å². The molecule has 0 atom stereocenters. The topological polar surface area (TPSA) is 135 Å². The van der Waals surface area contributed by atoms with Gasteiger partial charge in [0.1, 0.15) is 5.58 Å². The van der Waals surface area contributed by atoms with E-state index in [1.54, 1.807) is 97.1 Å². The Morgan fingerprint density at radius 1 is 0.463 bits per heavy atom. The molecule has 0 spiro atoms. The van der Waals surface area contributed by atoms with E-state index in [2.05, 4.69) is 0 Å². The number of ether oxygens (including phenoxy) is 4. The van der Waals surface area contributed by atoms with E-state index in [4.69, 9.17) is 35.0 Å². The van der Waals surface area contributed by atoms with Crippen LogP contribution in [-0.4, -0.2) is 23.9 Å². The van der Waals surface area contributed by atoms with E-state index in [9.17, 15) is 24.0 Å². The molecule has 0 fully saturated rings. The van der Waals surface area contributed by atoms with Gasteiger partial charge in [-0.05, 0) is 84.9 Å². The van der Waals surface area contributed by atoms with Gasteiger partial charge in [0.25, 0.3) is 0 Å². The van der Waals surface area contributed by atoms with E-state index in [-0.39, 0.29) is 39.0 Å². The van der Waals surface area contributed by atoms with Crippen molar-refractivity contribution >= 4 is 46.4 Å². The number of hydrogen-bond acceptors (Lipinski definition) is 10. The van der Waals surface area contributed by atoms with Gasteiger partial charge in [-0.3, -0.25) is 4.79 Å². The first-order valence-corrected chi connectivity index (χ1v) is 16.7. The number of para-hydroxylation sites is 1. The lowest BCUT2D eigenvalue weighted by atomic mass is 10.1. The number of esters is 4. The highest BCUT2D eigenvalue weighted by atomic mass is 35.5. The van der Waals surface area contributed by atoms with Crippen molar-refractivity contribution in [1.29, 1.82) is 0 Å². The Balaban J connectivity index is 1.36. The first-order valence-electron chi connectivity index (χ1n) is 16.3. The number of carbonyl (C=O) groups excluding carboxylic acids is 4. The van der Waals surface area contributed by atoms with Crippen molar-refractivity contribution < 1.29 is 42.5 Å². The van der Waals surface area contributed by atoms with Gasteiger partial charge >= 0.3 is 23.9 Å². The van der Waals surface area contributed by atoms with Gasteiger partial charge in [0.15, 0.2) is 17.3 Å². The predicted molar refractivity (Wildman–Crippen MR) is 199 cm³/mol. The molecule has 0 aliphatic heterocycles. The molecule has 0 amide bonds. The summed E-state index contributed by atoms with van der Waals surface area (Å²) in [7, 11) is 0. The summed E-state index contributed by atoms with van der Waals surface area (Å²) in [5.41, 5.74) is -0.0272. The lowest BCUT2D eigenvalue weighted by Crippen LogP contribution is -2.19. The van der Waals surface area contributed by atoms with E-state index in [1.807, 2.05) is 0 Å². The summed E-state index contributed by atoms with van der Waals surface area (Å²) in [5, 5.41) is 0.555. The van der Waals surface area contributed by atoms with Gasteiger partial charge in [-0.15, -0.1) is 0 Å². The SMILES string of the molecule is O=C(Oc1cc(C(=O)Oc2c(-c3ccc(Cl)cc3)oc3ccccc3c2=O)cc(OC(=O)c2ccccc2)c1OC(=O)c1ccccc1)c1ccccc1. The largest absolute Gasteiger partial charge is 0.452 e. The average Bonchev–Trinajstić information content (AvgIpc) is 3.21. The molecule has 1 heterocycles. The highest BCUT2D eigenvalue weighted by molar-refractivity contribution is 6.30. The Hall–Kier alpha value is -7.30. The first-order chi connectivity index (χ1) is 26.2. The molecule has 0 saturated heterocycles. The maximum absolute atomic E-state index is 14.1. The number of carbonyl (C=O) groups is 4. The summed E-state index contributed by atoms with van der Waals surface area (Å²) in [4.78, 5) is 68.1. The fraction of sp³-hybridized carbons (Fsp3) is 0. The molecular formula is C43H25ClO10. The molecule has 6 aromatic carbocycles. The third-order valence-corrected chi connectivity index (χ3v) is 8.19. The zero-order valence-corrected chi connectivity index (χ0v) is 28.7. The Labute approximate surface area is 311 Å². The number of benzene rings is 6. The van der Waals surface area contributed by atoms with Gasteiger partial charge in [-0.2, -0.15) is 0 Å². The van der Waals surface area contributed by atoms with Crippen molar-refractivity contribution in [3.63, 3.8) is 0 Å². The summed E-state index contributed by atoms with van der Waals surface area (Å²) in [6.45, 7) is 0. The fourth-order valence-corrected chi connectivity index (χ4v) is 5.43. The molecule has 0 radical (unpaired) electrons. The predicted octanol–water partition coefficient (Wildman–Crippen LogP) is 8.99. The lowest BCUT2D eigenvalue weighted by molar-refractivity contribution is 0.0653. The van der Waals surface area contributed by atoms with Crippen molar-refractivity contribution in [1.82, 2.24) is 0 Å². The third kappa shape index (κ3) is 7.64. The molecule has 264 valence electrons. The van der Waals surface area contributed by atoms with Crippen molar-refractivity contribution in [3.05, 3.63) is 189 Å². The third-order valence-electron chi connectivity index (χ3n) is 7.94. The van der Waals surface area contributed by atoms with E-state index in [0.717, 1.165) is 12.1 Å². The molecule has 0 bridgehead atoms. The van der Waals surface area contributed by atoms with Gasteiger partial charge in [-0.1, -0.05) is 78.3 Å². The maximum atomic E-state index is 14.1. The quantitative estimate of drug-likeness (QED) is 0.104. The van der Waals surface area contributed by atoms with Crippen molar-refractivity contribution in [2.45, 2.75) is 0 Å². The normalized spacial score (nSPS) is 10.7. The molecule has 0 unspecified atom stereocenters. The molecule has 0 N–H and O–H groups in total. The number of halogens is 1. The standard InChI is InChI=1S/C43H25ClO10/c44-31-22-20-26(21-23-31)37-39(36(45)32-18-10-11-19-33(32)50-37)54-43(49)30-24-34(51-40(46)27-12-4-1-5-13-27)38(53-42(48)29-16-8-3-9-17-29)35(25-30)52-41(47)28-14-6-2-7-15-28/h1-25H. The Bertz CT molecular complexity index is 2510. The fourth-order valence-electron chi connectivity index (χ4n) is 5.30. The van der Waals surface area contributed by atoms with E-state index >= 15 is 0 Å². The summed E-state index contributed by atoms with van der Waals surface area (Å²) >= 11 is 6.11. The van der Waals surface area contributed by atoms with E-state index < -0.39 is 52.3 Å². The van der Waals surface area contributed by atoms with Crippen LogP contribution in [0.1, 0.15) is 41.4 Å². The second-order valence-corrected chi connectivity index (χ2v) is 12.0. The second-order valence-electron chi connectivity index (χ2n) is 11.6. The Kier molecular flexibility index (Phi) is 10.1. The summed E-state index contributed by atoms with van der Waals surface area (Å²) in [5.74, 6) is -5.75. The minimum absolute atomic E-state index is 0.0661. The monoisotopic (exact) mass is 736 g/mol. The minimum atomic E-state index is -1.14. The summed E-state index contributed by atoms with van der Waals surface area (Å²) in [6.07, 6.45) is 0. The van der Waals surface area contributed by atoms with Crippen molar-refractivity contribution in [2.24, 2.45) is 0 Å². The van der Waals surface area contributed by atoms with Gasteiger partial charge in [0.2, 0.25) is 16.9 Å². The lowest BCUT2D eigenvalue weighted by Gasteiger charge is -2.17. The summed E-state index contributed by atoms with van der Waals surface area (Å²) < 4.78 is 29.0. The minimum Gasteiger partial charge on any atom is -0.452 e. The van der Waals surface area contributed by atoms with Crippen LogP contribution < -0.4 is 24.4 Å². The molecule has 1 aromatic heterocycles. The molecule has 0 aliphatic carbocycles. The smallest absolute Gasteiger partial charge is 0.344 e. The van der Waals surface area contributed by atoms with Gasteiger partial charge in [0, 0.05) is 10.6 Å². The maximum Gasteiger partial charge on any atom is 0.344 e. The summed E-state index contributed by atoms with van der Waals surface area (Å²) in [6, 6.07) is 38.6. The molecule has 0 saturated carbocycles. The highest BCUT2D eigenvalue weighted by Gasteiger charge is 2.28. The van der Waals surface area contributed by atoms with Gasteiger partial charge in [0.05, 0.1) is 27.6 Å². The zero-order chi connectivity index (χ0) is 37.6. The van der Waals surface area contributed by atoms with Crippen molar-refractivity contribution in [3.8, 4) is 34.3 Å². The molecule has 11 heteroatoms. The van der Waals surface area contributed by atoms with Crippen LogP contribution in [0.15, 0.2) is 161 Å². The molecule has 7 aromatic rings. The second kappa shape index (κ2) is 15.5. The van der Waals surface area contributed by atoms with Crippen LogP contribution in [0.2, 0.25) is 5.02 Å². The van der Waals surface area contributed by atoms with E-state index in [1.165, 1.54) is 42.5 Å². The van der Waals surface area contributed by atoms with Crippen LogP contribution in [0.4, 0.5) is 0 Å². The number of rotatable bonds is 9. The van der Waals surface area contributed by atoms with Crippen LogP contribution in [0.5, 0.6) is 23.0 Å². The molecule has 54 heavy (non-hydrogen) atoms. The molecule has 10 nitrogen and oxygen atoms in total. The molecule has 0 aliphatic rings. The van der Waals surface area contributed by atoms with Crippen LogP contribution in [0.3, 0.4) is 0 Å².